The Hall–Kier alpha value is -2.93. The van der Waals surface area contributed by atoms with E-state index in [0.29, 0.717) is 24.5 Å². The molecule has 2 aromatic rings. The third-order valence-electron chi connectivity index (χ3n) is 4.97. The SMILES string of the molecule is O=C(CCn1ccccc1=O)Nc1cccc(NC(=O)CN2CCCCCC2)c1. The molecule has 2 amide bonds. The summed E-state index contributed by atoms with van der Waals surface area (Å²) in [6.07, 6.45) is 6.61. The van der Waals surface area contributed by atoms with Gasteiger partial charge in [0.25, 0.3) is 5.56 Å². The summed E-state index contributed by atoms with van der Waals surface area (Å²) in [5, 5.41) is 5.73. The van der Waals surface area contributed by atoms with Gasteiger partial charge >= 0.3 is 0 Å². The monoisotopic (exact) mass is 396 g/mol. The molecule has 0 atom stereocenters. The highest BCUT2D eigenvalue weighted by Gasteiger charge is 2.13. The number of nitrogens with zero attached hydrogens (tertiary/aromatic N) is 2. The molecule has 1 aromatic heterocycles. The first-order valence-electron chi connectivity index (χ1n) is 10.2. The molecule has 2 heterocycles. The van der Waals surface area contributed by atoms with Crippen molar-refractivity contribution in [2.75, 3.05) is 30.3 Å². The predicted octanol–water partition coefficient (Wildman–Crippen LogP) is 2.69. The Labute approximate surface area is 170 Å². The van der Waals surface area contributed by atoms with Gasteiger partial charge in [0, 0.05) is 36.6 Å². The topological polar surface area (TPSA) is 83.4 Å². The maximum absolute atomic E-state index is 12.3. The maximum Gasteiger partial charge on any atom is 0.250 e. The number of aryl methyl sites for hydroxylation is 1. The summed E-state index contributed by atoms with van der Waals surface area (Å²) in [5.74, 6) is -0.229. The minimum atomic E-state index is -0.186. The summed E-state index contributed by atoms with van der Waals surface area (Å²) in [4.78, 5) is 38.4. The Bertz CT molecular complexity index is 885. The van der Waals surface area contributed by atoms with Crippen LogP contribution in [0.2, 0.25) is 0 Å². The van der Waals surface area contributed by atoms with E-state index >= 15 is 0 Å². The van der Waals surface area contributed by atoms with Gasteiger partial charge in [-0.2, -0.15) is 0 Å². The zero-order valence-corrected chi connectivity index (χ0v) is 16.6. The maximum atomic E-state index is 12.3. The van der Waals surface area contributed by atoms with Crippen molar-refractivity contribution in [3.05, 3.63) is 59.0 Å². The average Bonchev–Trinajstić information content (AvgIpc) is 2.96. The number of amides is 2. The first kappa shape index (κ1) is 20.8. The molecule has 1 fully saturated rings. The lowest BCUT2D eigenvalue weighted by Crippen LogP contribution is -2.33. The summed E-state index contributed by atoms with van der Waals surface area (Å²) in [6.45, 7) is 2.64. The van der Waals surface area contributed by atoms with E-state index in [1.807, 2.05) is 0 Å². The van der Waals surface area contributed by atoms with Gasteiger partial charge in [-0.15, -0.1) is 0 Å². The summed E-state index contributed by atoms with van der Waals surface area (Å²) in [5.41, 5.74) is 1.14. The molecule has 7 nitrogen and oxygen atoms in total. The fraction of sp³-hybridized carbons (Fsp3) is 0.409. The van der Waals surface area contributed by atoms with Crippen LogP contribution in [0.5, 0.6) is 0 Å². The third-order valence-corrected chi connectivity index (χ3v) is 4.97. The van der Waals surface area contributed by atoms with Gasteiger partial charge in [-0.3, -0.25) is 19.3 Å². The van der Waals surface area contributed by atoms with Crippen LogP contribution in [0.25, 0.3) is 0 Å². The van der Waals surface area contributed by atoms with E-state index < -0.39 is 0 Å². The Balaban J connectivity index is 1.49. The van der Waals surface area contributed by atoms with Crippen LogP contribution in [0, 0.1) is 0 Å². The molecule has 7 heteroatoms. The molecule has 154 valence electrons. The van der Waals surface area contributed by atoms with Gasteiger partial charge in [0.1, 0.15) is 0 Å². The second-order valence-electron chi connectivity index (χ2n) is 7.35. The molecule has 2 N–H and O–H groups in total. The quantitative estimate of drug-likeness (QED) is 0.754. The van der Waals surface area contributed by atoms with Crippen molar-refractivity contribution >= 4 is 23.2 Å². The Morgan fingerprint density at radius 1 is 0.862 bits per heavy atom. The zero-order chi connectivity index (χ0) is 20.5. The molecule has 0 spiro atoms. The number of likely N-dealkylation sites (tertiary alicyclic amines) is 1. The minimum absolute atomic E-state index is 0.0428. The summed E-state index contributed by atoms with van der Waals surface area (Å²) >= 11 is 0. The molecule has 1 aliphatic rings. The van der Waals surface area contributed by atoms with Crippen LogP contribution in [0.3, 0.4) is 0 Å². The lowest BCUT2D eigenvalue weighted by molar-refractivity contribution is -0.117. The summed E-state index contributed by atoms with van der Waals surface area (Å²) < 4.78 is 1.50. The molecule has 0 bridgehead atoms. The highest BCUT2D eigenvalue weighted by atomic mass is 16.2. The number of carbonyl (C=O) groups is 2. The molecule has 0 unspecified atom stereocenters. The van der Waals surface area contributed by atoms with Crippen LogP contribution in [0.4, 0.5) is 11.4 Å². The van der Waals surface area contributed by atoms with Crippen molar-refractivity contribution in [3.8, 4) is 0 Å². The highest BCUT2D eigenvalue weighted by molar-refractivity contribution is 5.94. The van der Waals surface area contributed by atoms with Gasteiger partial charge in [0.2, 0.25) is 11.8 Å². The highest BCUT2D eigenvalue weighted by Crippen LogP contribution is 2.16. The molecule has 0 aliphatic carbocycles. The van der Waals surface area contributed by atoms with Crippen molar-refractivity contribution in [2.24, 2.45) is 0 Å². The van der Waals surface area contributed by atoms with Crippen molar-refractivity contribution in [1.82, 2.24) is 9.47 Å². The van der Waals surface area contributed by atoms with E-state index in [4.69, 9.17) is 0 Å². The van der Waals surface area contributed by atoms with Crippen molar-refractivity contribution in [1.29, 1.82) is 0 Å². The van der Waals surface area contributed by atoms with Gasteiger partial charge in [-0.25, -0.2) is 0 Å². The number of nitrogens with one attached hydrogen (secondary N) is 2. The molecule has 0 saturated carbocycles. The zero-order valence-electron chi connectivity index (χ0n) is 16.6. The number of aromatic nitrogens is 1. The van der Waals surface area contributed by atoms with Crippen LogP contribution in [-0.2, 0) is 16.1 Å². The molecule has 1 saturated heterocycles. The lowest BCUT2D eigenvalue weighted by atomic mass is 10.2. The number of rotatable bonds is 7. The van der Waals surface area contributed by atoms with Gasteiger partial charge in [-0.1, -0.05) is 25.0 Å². The predicted molar refractivity (Wildman–Crippen MR) is 114 cm³/mol. The molecular formula is C22H28N4O3. The van der Waals surface area contributed by atoms with Crippen molar-refractivity contribution in [2.45, 2.75) is 38.6 Å². The number of pyridine rings is 1. The normalized spacial score (nSPS) is 14.8. The lowest BCUT2D eigenvalue weighted by Gasteiger charge is -2.19. The number of carbonyl (C=O) groups excluding carboxylic acids is 2. The minimum Gasteiger partial charge on any atom is -0.326 e. The molecular weight excluding hydrogens is 368 g/mol. The van der Waals surface area contributed by atoms with E-state index in [0.717, 1.165) is 25.9 Å². The van der Waals surface area contributed by atoms with Crippen molar-refractivity contribution in [3.63, 3.8) is 0 Å². The van der Waals surface area contributed by atoms with E-state index in [9.17, 15) is 14.4 Å². The average molecular weight is 396 g/mol. The number of anilines is 2. The molecule has 3 rings (SSSR count). The van der Waals surface area contributed by atoms with Crippen LogP contribution in [0.15, 0.2) is 53.5 Å². The van der Waals surface area contributed by atoms with E-state index in [1.165, 1.54) is 23.5 Å². The first-order valence-corrected chi connectivity index (χ1v) is 10.2. The van der Waals surface area contributed by atoms with Crippen LogP contribution < -0.4 is 16.2 Å². The number of benzene rings is 1. The van der Waals surface area contributed by atoms with E-state index in [-0.39, 0.29) is 23.8 Å². The van der Waals surface area contributed by atoms with Crippen LogP contribution in [-0.4, -0.2) is 40.9 Å². The standard InChI is InChI=1S/C22H28N4O3/c27-20(11-15-26-14-6-3-10-22(26)29)23-18-8-7-9-19(16-18)24-21(28)17-25-12-4-1-2-5-13-25/h3,6-10,14,16H,1-2,4-5,11-13,15,17H2,(H,23,27)(H,24,28). The second kappa shape index (κ2) is 10.6. The molecule has 1 aliphatic heterocycles. The molecule has 0 radical (unpaired) electrons. The number of hydrogen-bond acceptors (Lipinski definition) is 4. The Morgan fingerprint density at radius 2 is 1.55 bits per heavy atom. The van der Waals surface area contributed by atoms with Crippen molar-refractivity contribution < 1.29 is 9.59 Å². The fourth-order valence-electron chi connectivity index (χ4n) is 3.46. The number of hydrogen-bond donors (Lipinski definition) is 2. The van der Waals surface area contributed by atoms with E-state index in [2.05, 4.69) is 15.5 Å². The Kier molecular flexibility index (Phi) is 7.58. The largest absolute Gasteiger partial charge is 0.326 e. The fourth-order valence-corrected chi connectivity index (χ4v) is 3.46. The van der Waals surface area contributed by atoms with E-state index in [1.54, 1.807) is 42.6 Å². The summed E-state index contributed by atoms with van der Waals surface area (Å²) in [6, 6.07) is 12.0. The molecule has 29 heavy (non-hydrogen) atoms. The second-order valence-corrected chi connectivity index (χ2v) is 7.35. The summed E-state index contributed by atoms with van der Waals surface area (Å²) in [7, 11) is 0. The van der Waals surface area contributed by atoms with Crippen LogP contribution >= 0.6 is 0 Å². The third kappa shape index (κ3) is 6.87. The van der Waals surface area contributed by atoms with Gasteiger partial charge in [0.15, 0.2) is 0 Å². The smallest absolute Gasteiger partial charge is 0.250 e. The van der Waals surface area contributed by atoms with Crippen LogP contribution in [0.1, 0.15) is 32.1 Å². The first-order chi connectivity index (χ1) is 14.1. The van der Waals surface area contributed by atoms with Gasteiger partial charge in [0.05, 0.1) is 6.54 Å². The van der Waals surface area contributed by atoms with Gasteiger partial charge in [-0.05, 0) is 50.2 Å². The van der Waals surface area contributed by atoms with Gasteiger partial charge < -0.3 is 15.2 Å². The Morgan fingerprint density at radius 3 is 2.24 bits per heavy atom. The molecule has 1 aromatic carbocycles.